The molecule has 0 bridgehead atoms. The summed E-state index contributed by atoms with van der Waals surface area (Å²) in [4.78, 5) is 24.7. The molecule has 0 radical (unpaired) electrons. The van der Waals surface area contributed by atoms with E-state index < -0.39 is 5.97 Å². The highest BCUT2D eigenvalue weighted by Gasteiger charge is 2.21. The van der Waals surface area contributed by atoms with E-state index in [9.17, 15) is 9.59 Å². The van der Waals surface area contributed by atoms with Crippen molar-refractivity contribution in [1.29, 1.82) is 0 Å². The summed E-state index contributed by atoms with van der Waals surface area (Å²) in [5.74, 6) is -0.780. The number of ketones is 1. The van der Waals surface area contributed by atoms with Crippen molar-refractivity contribution in [3.05, 3.63) is 87.1 Å². The Morgan fingerprint density at radius 1 is 1.04 bits per heavy atom. The van der Waals surface area contributed by atoms with E-state index in [-0.39, 0.29) is 12.4 Å². The largest absolute Gasteiger partial charge is 0.454 e. The summed E-state index contributed by atoms with van der Waals surface area (Å²) in [6.45, 7) is 3.86. The molecule has 5 nitrogen and oxygen atoms in total. The molecule has 0 unspecified atom stereocenters. The molecule has 0 spiro atoms. The van der Waals surface area contributed by atoms with Gasteiger partial charge < -0.3 is 4.74 Å². The Morgan fingerprint density at radius 2 is 1.70 bits per heavy atom. The van der Waals surface area contributed by atoms with E-state index in [1.807, 2.05) is 37.3 Å². The highest BCUT2D eigenvalue weighted by Crippen LogP contribution is 2.17. The second kappa shape index (κ2) is 8.31. The second-order valence-electron chi connectivity index (χ2n) is 6.20. The summed E-state index contributed by atoms with van der Waals surface area (Å²) in [5, 5.41) is 4.45. The number of nitrogens with zero attached hydrogens (tertiary/aromatic N) is 2. The van der Waals surface area contributed by atoms with Gasteiger partial charge in [-0.3, -0.25) is 9.48 Å². The van der Waals surface area contributed by atoms with Crippen LogP contribution in [0.3, 0.4) is 0 Å². The van der Waals surface area contributed by atoms with Gasteiger partial charge in [0.25, 0.3) is 0 Å². The topological polar surface area (TPSA) is 61.2 Å². The fourth-order valence-corrected chi connectivity index (χ4v) is 3.09. The molecule has 0 saturated carbocycles. The quantitative estimate of drug-likeness (QED) is 0.434. The number of ether oxygens (including phenoxy) is 1. The lowest BCUT2D eigenvalue weighted by molar-refractivity contribution is 0.0473. The lowest BCUT2D eigenvalue weighted by Crippen LogP contribution is -2.15. The molecule has 2 aromatic carbocycles. The van der Waals surface area contributed by atoms with Crippen LogP contribution >= 0.6 is 15.9 Å². The Hall–Kier alpha value is -2.73. The van der Waals surface area contributed by atoms with Gasteiger partial charge in [0.15, 0.2) is 12.4 Å². The SMILES string of the molecule is Cc1nn(Cc2ccccc2)c(C)c1C(=O)OCC(=O)c1ccc(Br)cc1. The van der Waals surface area contributed by atoms with Gasteiger partial charge in [-0.25, -0.2) is 4.79 Å². The summed E-state index contributed by atoms with van der Waals surface area (Å²) in [5.41, 5.74) is 3.31. The van der Waals surface area contributed by atoms with Crippen LogP contribution < -0.4 is 0 Å². The zero-order chi connectivity index (χ0) is 19.4. The number of Topliss-reactive ketones (excluding diaryl/α,β-unsaturated/α-hetero) is 1. The van der Waals surface area contributed by atoms with E-state index >= 15 is 0 Å². The van der Waals surface area contributed by atoms with Gasteiger partial charge in [-0.1, -0.05) is 58.4 Å². The van der Waals surface area contributed by atoms with E-state index in [4.69, 9.17) is 4.74 Å². The minimum atomic E-state index is -0.533. The number of carbonyl (C=O) groups excluding carboxylic acids is 2. The molecular weight excluding hydrogens is 408 g/mol. The third-order valence-corrected chi connectivity index (χ3v) is 4.79. The van der Waals surface area contributed by atoms with E-state index in [1.54, 1.807) is 35.9 Å². The predicted octanol–water partition coefficient (Wildman–Crippen LogP) is 4.35. The minimum absolute atomic E-state index is 0.247. The van der Waals surface area contributed by atoms with Gasteiger partial charge in [-0.2, -0.15) is 5.10 Å². The van der Waals surface area contributed by atoms with Crippen molar-refractivity contribution in [2.75, 3.05) is 6.61 Å². The highest BCUT2D eigenvalue weighted by atomic mass is 79.9. The molecule has 0 aliphatic carbocycles. The zero-order valence-electron chi connectivity index (χ0n) is 15.1. The van der Waals surface area contributed by atoms with E-state index in [1.165, 1.54) is 0 Å². The van der Waals surface area contributed by atoms with Gasteiger partial charge in [-0.15, -0.1) is 0 Å². The van der Waals surface area contributed by atoms with Crippen molar-refractivity contribution in [1.82, 2.24) is 9.78 Å². The molecule has 0 aliphatic heterocycles. The summed E-state index contributed by atoms with van der Waals surface area (Å²) in [6, 6.07) is 16.8. The number of esters is 1. The molecule has 6 heteroatoms. The van der Waals surface area contributed by atoms with Crippen LogP contribution in [0.15, 0.2) is 59.1 Å². The predicted molar refractivity (Wildman–Crippen MR) is 106 cm³/mol. The van der Waals surface area contributed by atoms with Gasteiger partial charge >= 0.3 is 5.97 Å². The third-order valence-electron chi connectivity index (χ3n) is 4.26. The molecule has 1 heterocycles. The first-order chi connectivity index (χ1) is 13.0. The lowest BCUT2D eigenvalue weighted by Gasteiger charge is -2.07. The van der Waals surface area contributed by atoms with Crippen molar-refractivity contribution < 1.29 is 14.3 Å². The summed E-state index contributed by atoms with van der Waals surface area (Å²) in [6.07, 6.45) is 0. The average Bonchev–Trinajstić information content (AvgIpc) is 2.94. The van der Waals surface area contributed by atoms with E-state index in [2.05, 4.69) is 21.0 Å². The van der Waals surface area contributed by atoms with Crippen LogP contribution in [0.5, 0.6) is 0 Å². The molecule has 138 valence electrons. The maximum absolute atomic E-state index is 12.5. The fourth-order valence-electron chi connectivity index (χ4n) is 2.83. The maximum Gasteiger partial charge on any atom is 0.342 e. The first-order valence-corrected chi connectivity index (χ1v) is 9.29. The summed E-state index contributed by atoms with van der Waals surface area (Å²) >= 11 is 3.32. The summed E-state index contributed by atoms with van der Waals surface area (Å²) in [7, 11) is 0. The molecule has 0 N–H and O–H groups in total. The molecule has 0 aliphatic rings. The molecule has 0 amide bonds. The minimum Gasteiger partial charge on any atom is -0.454 e. The van der Waals surface area contributed by atoms with Crippen LogP contribution in [0.25, 0.3) is 0 Å². The van der Waals surface area contributed by atoms with Crippen LogP contribution in [0.1, 0.15) is 37.7 Å². The average molecular weight is 427 g/mol. The number of hydrogen-bond acceptors (Lipinski definition) is 4. The monoisotopic (exact) mass is 426 g/mol. The molecule has 3 rings (SSSR count). The first-order valence-electron chi connectivity index (χ1n) is 8.49. The van der Waals surface area contributed by atoms with Crippen LogP contribution in [0.2, 0.25) is 0 Å². The van der Waals surface area contributed by atoms with Crippen LogP contribution in [0.4, 0.5) is 0 Å². The molecule has 1 aromatic heterocycles. The Labute approximate surface area is 166 Å². The van der Waals surface area contributed by atoms with Gasteiger partial charge in [0.2, 0.25) is 0 Å². The van der Waals surface area contributed by atoms with Gasteiger partial charge in [0, 0.05) is 10.0 Å². The van der Waals surface area contributed by atoms with Crippen LogP contribution in [0, 0.1) is 13.8 Å². The number of halogens is 1. The Morgan fingerprint density at radius 3 is 2.37 bits per heavy atom. The van der Waals surface area contributed by atoms with E-state index in [0.29, 0.717) is 23.4 Å². The summed E-state index contributed by atoms with van der Waals surface area (Å²) < 4.78 is 7.90. The molecule has 0 saturated heterocycles. The number of rotatable bonds is 6. The van der Waals surface area contributed by atoms with E-state index in [0.717, 1.165) is 15.7 Å². The third kappa shape index (κ3) is 4.52. The van der Waals surface area contributed by atoms with Crippen molar-refractivity contribution in [3.8, 4) is 0 Å². The van der Waals surface area contributed by atoms with Gasteiger partial charge in [0.05, 0.1) is 17.9 Å². The molecule has 0 fully saturated rings. The van der Waals surface area contributed by atoms with Crippen molar-refractivity contribution in [2.24, 2.45) is 0 Å². The smallest absolute Gasteiger partial charge is 0.342 e. The Kier molecular flexibility index (Phi) is 5.86. The Bertz CT molecular complexity index is 963. The fraction of sp³-hybridized carbons (Fsp3) is 0.190. The number of aryl methyl sites for hydroxylation is 1. The van der Waals surface area contributed by atoms with Crippen LogP contribution in [-0.2, 0) is 11.3 Å². The highest BCUT2D eigenvalue weighted by molar-refractivity contribution is 9.10. The lowest BCUT2D eigenvalue weighted by atomic mass is 10.1. The number of benzene rings is 2. The maximum atomic E-state index is 12.5. The van der Waals surface area contributed by atoms with Gasteiger partial charge in [-0.05, 0) is 31.5 Å². The second-order valence-corrected chi connectivity index (χ2v) is 7.11. The number of aromatic nitrogens is 2. The molecule has 0 atom stereocenters. The standard InChI is InChI=1S/C21H19BrN2O3/c1-14-20(15(2)24(23-14)12-16-6-4-3-5-7-16)21(26)27-13-19(25)17-8-10-18(22)11-9-17/h3-11H,12-13H2,1-2H3. The van der Waals surface area contributed by atoms with Crippen molar-refractivity contribution in [2.45, 2.75) is 20.4 Å². The van der Waals surface area contributed by atoms with Crippen LogP contribution in [-0.4, -0.2) is 28.1 Å². The molecular formula is C21H19BrN2O3. The number of carbonyl (C=O) groups is 2. The molecule has 3 aromatic rings. The van der Waals surface area contributed by atoms with Crippen molar-refractivity contribution >= 4 is 27.7 Å². The normalized spacial score (nSPS) is 10.6. The zero-order valence-corrected chi connectivity index (χ0v) is 16.7. The number of hydrogen-bond donors (Lipinski definition) is 0. The Balaban J connectivity index is 1.69. The van der Waals surface area contributed by atoms with Crippen molar-refractivity contribution in [3.63, 3.8) is 0 Å². The molecule has 27 heavy (non-hydrogen) atoms. The first kappa shape index (κ1) is 19.0. The van der Waals surface area contributed by atoms with Gasteiger partial charge in [0.1, 0.15) is 5.56 Å².